The normalized spacial score (nSPS) is 10.4. The predicted octanol–water partition coefficient (Wildman–Crippen LogP) is 4.41. The number of carbonyl (C=O) groups is 1. The second kappa shape index (κ2) is 9.24. The van der Waals surface area contributed by atoms with Gasteiger partial charge in [0.15, 0.2) is 6.61 Å². The second-order valence-corrected chi connectivity index (χ2v) is 6.91. The predicted molar refractivity (Wildman–Crippen MR) is 113 cm³/mol. The number of pyridine rings is 1. The number of rotatable bonds is 7. The molecule has 5 nitrogen and oxygen atoms in total. The molecule has 28 heavy (non-hydrogen) atoms. The van der Waals surface area contributed by atoms with Crippen LogP contribution in [0.15, 0.2) is 72.9 Å². The highest BCUT2D eigenvalue weighted by Gasteiger charge is 2.18. The van der Waals surface area contributed by atoms with E-state index in [0.717, 1.165) is 11.3 Å². The summed E-state index contributed by atoms with van der Waals surface area (Å²) in [5.41, 5.74) is 2.11. The lowest BCUT2D eigenvalue weighted by Crippen LogP contribution is -2.35. The third kappa shape index (κ3) is 5.24. The maximum atomic E-state index is 12.9. The Morgan fingerprint density at radius 3 is 2.32 bits per heavy atom. The zero-order valence-corrected chi connectivity index (χ0v) is 16.6. The molecule has 1 amide bonds. The van der Waals surface area contributed by atoms with Gasteiger partial charge < -0.3 is 9.64 Å². The molecule has 0 saturated heterocycles. The summed E-state index contributed by atoms with van der Waals surface area (Å²) in [4.78, 5) is 20.9. The van der Waals surface area contributed by atoms with E-state index >= 15 is 0 Å². The number of aromatic nitrogens is 1. The number of nitrogens with zero attached hydrogens (tertiary/aromatic N) is 3. The lowest BCUT2D eigenvalue weighted by Gasteiger charge is -2.22. The summed E-state index contributed by atoms with van der Waals surface area (Å²) in [6, 6.07) is 20.5. The minimum Gasteiger partial charge on any atom is -0.484 e. The molecule has 0 N–H and O–H groups in total. The molecule has 144 valence electrons. The van der Waals surface area contributed by atoms with Crippen LogP contribution in [-0.2, 0) is 11.3 Å². The van der Waals surface area contributed by atoms with Gasteiger partial charge in [0.25, 0.3) is 5.91 Å². The van der Waals surface area contributed by atoms with Gasteiger partial charge >= 0.3 is 0 Å². The van der Waals surface area contributed by atoms with Gasteiger partial charge in [-0.25, -0.2) is 4.98 Å². The minimum absolute atomic E-state index is 0.0893. The minimum atomic E-state index is -0.176. The molecule has 3 rings (SSSR count). The summed E-state index contributed by atoms with van der Waals surface area (Å²) >= 11 is 5.88. The number of amides is 1. The standard InChI is InChI=1S/C22H22ClN3O2/c1-25(2)19-10-6-17(7-11-19)15-26(21-5-3-4-14-24-21)22(27)16-28-20-12-8-18(23)9-13-20/h3-14H,15-16H2,1-2H3. The van der Waals surface area contributed by atoms with Crippen molar-refractivity contribution in [3.63, 3.8) is 0 Å². The van der Waals surface area contributed by atoms with E-state index in [1.165, 1.54) is 0 Å². The third-order valence-corrected chi connectivity index (χ3v) is 4.45. The summed E-state index contributed by atoms with van der Waals surface area (Å²) in [6.45, 7) is 0.321. The monoisotopic (exact) mass is 395 g/mol. The maximum Gasteiger partial charge on any atom is 0.266 e. The van der Waals surface area contributed by atoms with Crippen LogP contribution in [0.3, 0.4) is 0 Å². The van der Waals surface area contributed by atoms with Crippen LogP contribution in [0.1, 0.15) is 5.56 Å². The average Bonchev–Trinajstić information content (AvgIpc) is 2.72. The van der Waals surface area contributed by atoms with E-state index in [9.17, 15) is 4.79 Å². The van der Waals surface area contributed by atoms with Crippen molar-refractivity contribution >= 4 is 29.0 Å². The molecule has 3 aromatic rings. The van der Waals surface area contributed by atoms with Crippen LogP contribution in [0.2, 0.25) is 5.02 Å². The van der Waals surface area contributed by atoms with Crippen molar-refractivity contribution in [3.8, 4) is 5.75 Å². The van der Waals surface area contributed by atoms with E-state index in [-0.39, 0.29) is 12.5 Å². The number of hydrogen-bond acceptors (Lipinski definition) is 4. The zero-order valence-electron chi connectivity index (χ0n) is 15.9. The maximum absolute atomic E-state index is 12.9. The first-order chi connectivity index (χ1) is 13.5. The summed E-state index contributed by atoms with van der Waals surface area (Å²) in [6.07, 6.45) is 1.67. The van der Waals surface area contributed by atoms with Gasteiger partial charge in [0.1, 0.15) is 11.6 Å². The molecule has 0 radical (unpaired) electrons. The van der Waals surface area contributed by atoms with E-state index in [1.807, 2.05) is 61.5 Å². The largest absolute Gasteiger partial charge is 0.484 e. The van der Waals surface area contributed by atoms with Crippen LogP contribution >= 0.6 is 11.6 Å². The van der Waals surface area contributed by atoms with Crippen LogP contribution in [0.5, 0.6) is 5.75 Å². The summed E-state index contributed by atoms with van der Waals surface area (Å²) in [5.74, 6) is 1.00. The van der Waals surface area contributed by atoms with Crippen molar-refractivity contribution in [2.45, 2.75) is 6.54 Å². The Morgan fingerprint density at radius 1 is 1.00 bits per heavy atom. The highest BCUT2D eigenvalue weighted by Crippen LogP contribution is 2.19. The van der Waals surface area contributed by atoms with Gasteiger partial charge in [0.05, 0.1) is 6.54 Å². The topological polar surface area (TPSA) is 45.7 Å². The Hall–Kier alpha value is -3.05. The molecule has 0 unspecified atom stereocenters. The number of anilines is 2. The third-order valence-electron chi connectivity index (χ3n) is 4.20. The molecule has 0 spiro atoms. The van der Waals surface area contributed by atoms with E-state index in [1.54, 1.807) is 35.4 Å². The fraction of sp³-hybridized carbons (Fsp3) is 0.182. The van der Waals surface area contributed by atoms with Crippen molar-refractivity contribution in [3.05, 3.63) is 83.5 Å². The van der Waals surface area contributed by atoms with Crippen LogP contribution in [0.4, 0.5) is 11.5 Å². The lowest BCUT2D eigenvalue weighted by atomic mass is 10.2. The Kier molecular flexibility index (Phi) is 6.50. The van der Waals surface area contributed by atoms with Crippen molar-refractivity contribution in [1.82, 2.24) is 4.98 Å². The van der Waals surface area contributed by atoms with E-state index in [0.29, 0.717) is 23.1 Å². The van der Waals surface area contributed by atoms with E-state index in [4.69, 9.17) is 16.3 Å². The molecular weight excluding hydrogens is 374 g/mol. The van der Waals surface area contributed by atoms with Gasteiger partial charge in [-0.05, 0) is 54.1 Å². The molecule has 0 fully saturated rings. The van der Waals surface area contributed by atoms with Crippen molar-refractivity contribution in [2.75, 3.05) is 30.5 Å². The average molecular weight is 396 g/mol. The molecule has 0 aliphatic rings. The molecule has 1 heterocycles. The van der Waals surface area contributed by atoms with E-state index in [2.05, 4.69) is 4.98 Å². The first-order valence-electron chi connectivity index (χ1n) is 8.89. The highest BCUT2D eigenvalue weighted by molar-refractivity contribution is 6.30. The number of hydrogen-bond donors (Lipinski definition) is 0. The zero-order chi connectivity index (χ0) is 19.9. The van der Waals surface area contributed by atoms with Gasteiger partial charge in [-0.2, -0.15) is 0 Å². The van der Waals surface area contributed by atoms with Crippen LogP contribution in [0, 0.1) is 0 Å². The Morgan fingerprint density at radius 2 is 1.71 bits per heavy atom. The lowest BCUT2D eigenvalue weighted by molar-refractivity contribution is -0.120. The first kappa shape index (κ1) is 19.7. The molecule has 0 aliphatic heterocycles. The Balaban J connectivity index is 1.74. The van der Waals surface area contributed by atoms with Crippen LogP contribution < -0.4 is 14.5 Å². The second-order valence-electron chi connectivity index (χ2n) is 6.47. The molecule has 0 saturated carbocycles. The quantitative estimate of drug-likeness (QED) is 0.594. The fourth-order valence-corrected chi connectivity index (χ4v) is 2.77. The van der Waals surface area contributed by atoms with E-state index < -0.39 is 0 Å². The van der Waals surface area contributed by atoms with Gasteiger partial charge in [-0.1, -0.05) is 29.8 Å². The summed E-state index contributed by atoms with van der Waals surface area (Å²) in [7, 11) is 3.99. The van der Waals surface area contributed by atoms with Gasteiger partial charge in [0, 0.05) is 31.0 Å². The molecule has 2 aromatic carbocycles. The number of halogens is 1. The van der Waals surface area contributed by atoms with Crippen LogP contribution in [0.25, 0.3) is 0 Å². The fourth-order valence-electron chi connectivity index (χ4n) is 2.65. The first-order valence-corrected chi connectivity index (χ1v) is 9.27. The molecule has 0 atom stereocenters. The summed E-state index contributed by atoms with van der Waals surface area (Å²) in [5, 5.41) is 0.620. The molecule has 0 aliphatic carbocycles. The molecule has 6 heteroatoms. The SMILES string of the molecule is CN(C)c1ccc(CN(C(=O)COc2ccc(Cl)cc2)c2ccccn2)cc1. The van der Waals surface area contributed by atoms with Gasteiger partial charge in [0.2, 0.25) is 0 Å². The Labute approximate surface area is 170 Å². The van der Waals surface area contributed by atoms with Gasteiger partial charge in [-0.3, -0.25) is 9.69 Å². The molecule has 1 aromatic heterocycles. The Bertz CT molecular complexity index is 897. The van der Waals surface area contributed by atoms with Crippen molar-refractivity contribution in [2.24, 2.45) is 0 Å². The van der Waals surface area contributed by atoms with Gasteiger partial charge in [-0.15, -0.1) is 0 Å². The van der Waals surface area contributed by atoms with Crippen LogP contribution in [-0.4, -0.2) is 31.6 Å². The number of benzene rings is 2. The number of carbonyl (C=O) groups excluding carboxylic acids is 1. The van der Waals surface area contributed by atoms with Crippen molar-refractivity contribution < 1.29 is 9.53 Å². The molecular formula is C22H22ClN3O2. The van der Waals surface area contributed by atoms with Crippen molar-refractivity contribution in [1.29, 1.82) is 0 Å². The molecule has 0 bridgehead atoms. The smallest absolute Gasteiger partial charge is 0.266 e. The highest BCUT2D eigenvalue weighted by atomic mass is 35.5. The summed E-state index contributed by atoms with van der Waals surface area (Å²) < 4.78 is 5.63. The number of ether oxygens (including phenoxy) is 1.